The Kier molecular flexibility index (Phi) is 5.69. The van der Waals surface area contributed by atoms with Crippen molar-refractivity contribution in [2.45, 2.75) is 52.1 Å². The van der Waals surface area contributed by atoms with Gasteiger partial charge in [-0.3, -0.25) is 9.78 Å². The summed E-state index contributed by atoms with van der Waals surface area (Å²) in [6, 6.07) is 12.1. The summed E-state index contributed by atoms with van der Waals surface area (Å²) in [7, 11) is 0. The average Bonchev–Trinajstić information content (AvgIpc) is 2.64. The van der Waals surface area contributed by atoms with Crippen LogP contribution in [0, 0.1) is 0 Å². The highest BCUT2D eigenvalue weighted by atomic mass is 16.5. The third-order valence-corrected chi connectivity index (χ3v) is 4.68. The highest BCUT2D eigenvalue weighted by Gasteiger charge is 2.20. The molecule has 0 bridgehead atoms. The van der Waals surface area contributed by atoms with Gasteiger partial charge in [0, 0.05) is 30.0 Å². The van der Waals surface area contributed by atoms with Crippen LogP contribution in [0.4, 0.5) is 0 Å². The smallest absolute Gasteiger partial charge is 0.261 e. The minimum Gasteiger partial charge on any atom is -0.483 e. The normalized spacial score (nSPS) is 13.4. The van der Waals surface area contributed by atoms with Gasteiger partial charge >= 0.3 is 0 Å². The molecule has 0 saturated heterocycles. The van der Waals surface area contributed by atoms with Gasteiger partial charge in [-0.15, -0.1) is 0 Å². The summed E-state index contributed by atoms with van der Waals surface area (Å²) in [6.07, 6.45) is 6.13. The largest absolute Gasteiger partial charge is 0.483 e. The van der Waals surface area contributed by atoms with Crippen LogP contribution in [0.15, 0.2) is 42.6 Å². The SMILES string of the molecule is CC(C)N(Cc1ccccc1)C(=O)COc1ccnc2c1CCCC2. The number of ether oxygens (including phenoxy) is 1. The van der Waals surface area contributed by atoms with Crippen molar-refractivity contribution in [3.8, 4) is 5.75 Å². The molecule has 1 aromatic carbocycles. The molecule has 0 aliphatic heterocycles. The van der Waals surface area contributed by atoms with Gasteiger partial charge in [0.15, 0.2) is 6.61 Å². The summed E-state index contributed by atoms with van der Waals surface area (Å²) < 4.78 is 5.90. The molecule has 0 unspecified atom stereocenters. The Morgan fingerprint density at radius 1 is 1.16 bits per heavy atom. The maximum absolute atomic E-state index is 12.7. The second kappa shape index (κ2) is 8.15. The lowest BCUT2D eigenvalue weighted by atomic mass is 9.95. The Hall–Kier alpha value is -2.36. The van der Waals surface area contributed by atoms with Crippen LogP contribution in [0.25, 0.3) is 0 Å². The molecule has 0 radical (unpaired) electrons. The monoisotopic (exact) mass is 338 g/mol. The number of fused-ring (bicyclic) bond motifs is 1. The summed E-state index contributed by atoms with van der Waals surface area (Å²) in [4.78, 5) is 19.0. The quantitative estimate of drug-likeness (QED) is 0.805. The average molecular weight is 338 g/mol. The van der Waals surface area contributed by atoms with Crippen molar-refractivity contribution in [1.29, 1.82) is 0 Å². The highest BCUT2D eigenvalue weighted by molar-refractivity contribution is 5.78. The lowest BCUT2D eigenvalue weighted by Crippen LogP contribution is -2.39. The number of rotatable bonds is 6. The van der Waals surface area contributed by atoms with E-state index in [0.717, 1.165) is 36.3 Å². The van der Waals surface area contributed by atoms with Gasteiger partial charge in [-0.25, -0.2) is 0 Å². The molecular weight excluding hydrogens is 312 g/mol. The number of nitrogens with zero attached hydrogens (tertiary/aromatic N) is 2. The van der Waals surface area contributed by atoms with Crippen LogP contribution in [-0.2, 0) is 24.2 Å². The fourth-order valence-electron chi connectivity index (χ4n) is 3.29. The van der Waals surface area contributed by atoms with E-state index in [0.29, 0.717) is 6.54 Å². The molecule has 1 heterocycles. The zero-order valence-corrected chi connectivity index (χ0v) is 15.1. The van der Waals surface area contributed by atoms with Crippen molar-refractivity contribution in [3.05, 3.63) is 59.4 Å². The van der Waals surface area contributed by atoms with Crippen LogP contribution in [0.2, 0.25) is 0 Å². The second-order valence-electron chi connectivity index (χ2n) is 6.83. The van der Waals surface area contributed by atoms with Gasteiger partial charge in [0.2, 0.25) is 0 Å². The summed E-state index contributed by atoms with van der Waals surface area (Å²) in [5.41, 5.74) is 3.44. The Bertz CT molecular complexity index is 713. The zero-order chi connectivity index (χ0) is 17.6. The molecule has 3 rings (SSSR count). The summed E-state index contributed by atoms with van der Waals surface area (Å²) >= 11 is 0. The van der Waals surface area contributed by atoms with E-state index in [1.165, 1.54) is 12.0 Å². The first kappa shape index (κ1) is 17.5. The fraction of sp³-hybridized carbons (Fsp3) is 0.429. The van der Waals surface area contributed by atoms with Crippen molar-refractivity contribution in [2.24, 2.45) is 0 Å². The van der Waals surface area contributed by atoms with Gasteiger partial charge in [-0.2, -0.15) is 0 Å². The number of aromatic nitrogens is 1. The fourth-order valence-corrected chi connectivity index (χ4v) is 3.29. The van der Waals surface area contributed by atoms with Crippen molar-refractivity contribution in [1.82, 2.24) is 9.88 Å². The van der Waals surface area contributed by atoms with Crippen LogP contribution in [0.5, 0.6) is 5.75 Å². The first-order valence-corrected chi connectivity index (χ1v) is 9.08. The molecule has 0 atom stereocenters. The number of aryl methyl sites for hydroxylation is 1. The van der Waals surface area contributed by atoms with E-state index >= 15 is 0 Å². The number of carbonyl (C=O) groups is 1. The van der Waals surface area contributed by atoms with Crippen LogP contribution in [-0.4, -0.2) is 28.4 Å². The minimum atomic E-state index is 0.0141. The molecule has 0 spiro atoms. The third kappa shape index (κ3) is 4.38. The molecule has 1 amide bonds. The number of pyridine rings is 1. The maximum Gasteiger partial charge on any atom is 0.261 e. The number of hydrogen-bond donors (Lipinski definition) is 0. The van der Waals surface area contributed by atoms with E-state index < -0.39 is 0 Å². The van der Waals surface area contributed by atoms with Crippen LogP contribution in [0.1, 0.15) is 43.5 Å². The zero-order valence-electron chi connectivity index (χ0n) is 15.1. The number of benzene rings is 1. The highest BCUT2D eigenvalue weighted by Crippen LogP contribution is 2.28. The first-order valence-electron chi connectivity index (χ1n) is 9.08. The molecule has 0 fully saturated rings. The molecule has 132 valence electrons. The Morgan fingerprint density at radius 3 is 2.68 bits per heavy atom. The van der Waals surface area contributed by atoms with Crippen LogP contribution >= 0.6 is 0 Å². The summed E-state index contributed by atoms with van der Waals surface area (Å²) in [6.45, 7) is 4.75. The molecule has 1 aromatic heterocycles. The molecule has 2 aromatic rings. The summed E-state index contributed by atoms with van der Waals surface area (Å²) in [5.74, 6) is 0.835. The van der Waals surface area contributed by atoms with E-state index in [-0.39, 0.29) is 18.6 Å². The van der Waals surface area contributed by atoms with E-state index in [9.17, 15) is 4.79 Å². The van der Waals surface area contributed by atoms with Crippen LogP contribution < -0.4 is 4.74 Å². The lowest BCUT2D eigenvalue weighted by Gasteiger charge is -2.27. The maximum atomic E-state index is 12.7. The van der Waals surface area contributed by atoms with Crippen molar-refractivity contribution in [2.75, 3.05) is 6.61 Å². The number of amides is 1. The van der Waals surface area contributed by atoms with E-state index in [4.69, 9.17) is 4.74 Å². The minimum absolute atomic E-state index is 0.0141. The molecule has 1 aliphatic rings. The van der Waals surface area contributed by atoms with Crippen molar-refractivity contribution in [3.63, 3.8) is 0 Å². The van der Waals surface area contributed by atoms with Gasteiger partial charge < -0.3 is 9.64 Å². The van der Waals surface area contributed by atoms with Crippen molar-refractivity contribution < 1.29 is 9.53 Å². The molecule has 0 N–H and O–H groups in total. The van der Waals surface area contributed by atoms with E-state index in [1.54, 1.807) is 6.20 Å². The standard InChI is InChI=1S/C21H26N2O2/c1-16(2)23(14-17-8-4-3-5-9-17)21(24)15-25-20-12-13-22-19-11-7-6-10-18(19)20/h3-5,8-9,12-13,16H,6-7,10-11,14-15H2,1-2H3. The van der Waals surface area contributed by atoms with Gasteiger partial charge in [-0.05, 0) is 51.2 Å². The Balaban J connectivity index is 1.66. The Labute approximate surface area is 149 Å². The van der Waals surface area contributed by atoms with Crippen LogP contribution in [0.3, 0.4) is 0 Å². The Morgan fingerprint density at radius 2 is 1.92 bits per heavy atom. The predicted molar refractivity (Wildman–Crippen MR) is 98.5 cm³/mol. The van der Waals surface area contributed by atoms with Gasteiger partial charge in [0.05, 0.1) is 0 Å². The lowest BCUT2D eigenvalue weighted by molar-refractivity contribution is -0.135. The molecular formula is C21H26N2O2. The topological polar surface area (TPSA) is 42.4 Å². The summed E-state index contributed by atoms with van der Waals surface area (Å²) in [5, 5.41) is 0. The van der Waals surface area contributed by atoms with E-state index in [2.05, 4.69) is 4.98 Å². The first-order chi connectivity index (χ1) is 12.1. The molecule has 0 saturated carbocycles. The number of hydrogen-bond acceptors (Lipinski definition) is 3. The number of carbonyl (C=O) groups excluding carboxylic acids is 1. The van der Waals surface area contributed by atoms with Gasteiger partial charge in [-0.1, -0.05) is 30.3 Å². The molecule has 4 nitrogen and oxygen atoms in total. The molecule has 4 heteroatoms. The van der Waals surface area contributed by atoms with Gasteiger partial charge in [0.25, 0.3) is 5.91 Å². The predicted octanol–water partition coefficient (Wildman–Crippen LogP) is 3.78. The molecule has 25 heavy (non-hydrogen) atoms. The third-order valence-electron chi connectivity index (χ3n) is 4.68. The second-order valence-corrected chi connectivity index (χ2v) is 6.83. The van der Waals surface area contributed by atoms with E-state index in [1.807, 2.05) is 55.1 Å². The van der Waals surface area contributed by atoms with Crippen molar-refractivity contribution >= 4 is 5.91 Å². The molecule has 1 aliphatic carbocycles. The van der Waals surface area contributed by atoms with Gasteiger partial charge in [0.1, 0.15) is 5.75 Å².